The lowest BCUT2D eigenvalue weighted by atomic mass is 10.1. The van der Waals surface area contributed by atoms with Crippen molar-refractivity contribution in [3.63, 3.8) is 0 Å². The van der Waals surface area contributed by atoms with E-state index in [1.807, 2.05) is 45.9 Å². The first-order valence-corrected chi connectivity index (χ1v) is 6.01. The van der Waals surface area contributed by atoms with Crippen molar-refractivity contribution in [2.45, 2.75) is 59.7 Å². The third kappa shape index (κ3) is 7.52. The first kappa shape index (κ1) is 15.2. The van der Waals surface area contributed by atoms with Crippen LogP contribution in [-0.4, -0.2) is 18.3 Å². The van der Waals surface area contributed by atoms with Crippen LogP contribution in [0.2, 0.25) is 0 Å². The molecule has 0 atom stereocenters. The van der Waals surface area contributed by atoms with Gasteiger partial charge in [0.2, 0.25) is 0 Å². The number of ether oxygens (including phenoxy) is 2. The molecule has 2 heteroatoms. The zero-order chi connectivity index (χ0) is 12.6. The van der Waals surface area contributed by atoms with Crippen LogP contribution >= 0.6 is 0 Å². The topological polar surface area (TPSA) is 18.5 Å². The predicted molar refractivity (Wildman–Crippen MR) is 69.4 cm³/mol. The smallest absolute Gasteiger partial charge is 0.115 e. The molecule has 0 amide bonds. The van der Waals surface area contributed by atoms with Gasteiger partial charge in [0, 0.05) is 6.42 Å². The van der Waals surface area contributed by atoms with Gasteiger partial charge in [-0.2, -0.15) is 0 Å². The zero-order valence-corrected chi connectivity index (χ0v) is 11.5. The van der Waals surface area contributed by atoms with E-state index >= 15 is 0 Å². The van der Waals surface area contributed by atoms with E-state index in [0.717, 1.165) is 18.8 Å². The second-order valence-corrected chi connectivity index (χ2v) is 4.72. The van der Waals surface area contributed by atoms with Crippen molar-refractivity contribution in [1.82, 2.24) is 0 Å². The summed E-state index contributed by atoms with van der Waals surface area (Å²) in [7, 11) is 0. The van der Waals surface area contributed by atoms with Gasteiger partial charge in [-0.3, -0.25) is 0 Å². The van der Waals surface area contributed by atoms with Crippen LogP contribution in [0.4, 0.5) is 0 Å². The van der Waals surface area contributed by atoms with E-state index in [1.54, 1.807) is 0 Å². The molecule has 0 radical (unpaired) electrons. The van der Waals surface area contributed by atoms with E-state index in [2.05, 4.69) is 13.8 Å². The fraction of sp³-hybridized carbons (Fsp3) is 0.714. The molecule has 0 aliphatic carbocycles. The minimum absolute atomic E-state index is 0.184. The Balaban J connectivity index is 4.12. The van der Waals surface area contributed by atoms with Crippen LogP contribution in [0.25, 0.3) is 0 Å². The molecule has 0 aromatic heterocycles. The highest BCUT2D eigenvalue weighted by Crippen LogP contribution is 2.19. The van der Waals surface area contributed by atoms with E-state index in [9.17, 15) is 0 Å². The molecule has 16 heavy (non-hydrogen) atoms. The molecule has 0 bridgehead atoms. The Labute approximate surface area is 100 Å². The van der Waals surface area contributed by atoms with E-state index in [1.165, 1.54) is 0 Å². The predicted octanol–water partition coefficient (Wildman–Crippen LogP) is 4.08. The summed E-state index contributed by atoms with van der Waals surface area (Å²) in [5.74, 6) is 0.914. The second kappa shape index (κ2) is 7.50. The highest BCUT2D eigenvalue weighted by Gasteiger charge is 2.19. The van der Waals surface area contributed by atoms with E-state index < -0.39 is 0 Å². The molecule has 0 saturated carbocycles. The molecule has 0 rings (SSSR count). The van der Waals surface area contributed by atoms with Crippen LogP contribution in [-0.2, 0) is 9.47 Å². The lowest BCUT2D eigenvalue weighted by Crippen LogP contribution is -2.26. The second-order valence-electron chi connectivity index (χ2n) is 4.72. The normalized spacial score (nSPS) is 13.8. The number of allylic oxidation sites excluding steroid dienone is 3. The minimum atomic E-state index is -0.184. The van der Waals surface area contributed by atoms with Gasteiger partial charge in [0.25, 0.3) is 0 Å². The Morgan fingerprint density at radius 3 is 2.31 bits per heavy atom. The van der Waals surface area contributed by atoms with Gasteiger partial charge in [-0.25, -0.2) is 0 Å². The van der Waals surface area contributed by atoms with Crippen molar-refractivity contribution in [2.75, 3.05) is 6.61 Å². The average molecular weight is 226 g/mol. The van der Waals surface area contributed by atoms with Crippen LogP contribution < -0.4 is 0 Å². The molecule has 0 aromatic rings. The highest BCUT2D eigenvalue weighted by atomic mass is 16.5. The molecule has 94 valence electrons. The monoisotopic (exact) mass is 226 g/mol. The van der Waals surface area contributed by atoms with Gasteiger partial charge >= 0.3 is 0 Å². The molecule has 0 saturated heterocycles. The van der Waals surface area contributed by atoms with E-state index in [-0.39, 0.29) is 11.7 Å². The molecular weight excluding hydrogens is 200 g/mol. The molecular formula is C14H26O2. The number of rotatable bonds is 7. The maximum Gasteiger partial charge on any atom is 0.115 e. The van der Waals surface area contributed by atoms with Gasteiger partial charge in [0.05, 0.1) is 12.7 Å². The summed E-state index contributed by atoms with van der Waals surface area (Å²) < 4.78 is 11.4. The molecule has 0 fully saturated rings. The van der Waals surface area contributed by atoms with Crippen molar-refractivity contribution < 1.29 is 9.47 Å². The van der Waals surface area contributed by atoms with Crippen molar-refractivity contribution >= 4 is 0 Å². The number of hydrogen-bond acceptors (Lipinski definition) is 2. The molecule has 0 spiro atoms. The fourth-order valence-electron chi connectivity index (χ4n) is 1.26. The van der Waals surface area contributed by atoms with Crippen molar-refractivity contribution in [1.29, 1.82) is 0 Å². The van der Waals surface area contributed by atoms with E-state index in [0.29, 0.717) is 0 Å². The molecule has 0 aliphatic heterocycles. The SMILES string of the molecule is C/C=C\C(=C/C)OC(C)(C)CCOC(C)C. The lowest BCUT2D eigenvalue weighted by Gasteiger charge is -2.27. The minimum Gasteiger partial charge on any atom is -0.488 e. The van der Waals surface area contributed by atoms with Crippen molar-refractivity contribution in [2.24, 2.45) is 0 Å². The molecule has 0 heterocycles. The van der Waals surface area contributed by atoms with Gasteiger partial charge in [0.15, 0.2) is 0 Å². The fourth-order valence-corrected chi connectivity index (χ4v) is 1.26. The van der Waals surface area contributed by atoms with Gasteiger partial charge in [0.1, 0.15) is 11.4 Å². The molecule has 0 unspecified atom stereocenters. The summed E-state index contributed by atoms with van der Waals surface area (Å²) in [5.41, 5.74) is -0.184. The lowest BCUT2D eigenvalue weighted by molar-refractivity contribution is -0.00842. The standard InChI is InChI=1S/C14H26O2/c1-7-9-13(8-2)16-14(5,6)10-11-15-12(3)4/h7-9,12H,10-11H2,1-6H3/b9-7-,13-8+. The van der Waals surface area contributed by atoms with Crippen LogP contribution in [0.5, 0.6) is 0 Å². The summed E-state index contributed by atoms with van der Waals surface area (Å²) in [4.78, 5) is 0. The Kier molecular flexibility index (Phi) is 7.15. The number of hydrogen-bond donors (Lipinski definition) is 0. The molecule has 0 N–H and O–H groups in total. The average Bonchev–Trinajstić information content (AvgIpc) is 2.15. The Morgan fingerprint density at radius 1 is 1.25 bits per heavy atom. The van der Waals surface area contributed by atoms with Crippen LogP contribution in [0, 0.1) is 0 Å². The third-order valence-electron chi connectivity index (χ3n) is 2.16. The zero-order valence-electron chi connectivity index (χ0n) is 11.5. The Bertz CT molecular complexity index is 237. The summed E-state index contributed by atoms with van der Waals surface area (Å²) in [6.45, 7) is 13.0. The summed E-state index contributed by atoms with van der Waals surface area (Å²) >= 11 is 0. The van der Waals surface area contributed by atoms with Crippen molar-refractivity contribution in [3.05, 3.63) is 24.0 Å². The van der Waals surface area contributed by atoms with Gasteiger partial charge in [-0.05, 0) is 53.7 Å². The molecule has 0 aliphatic rings. The highest BCUT2D eigenvalue weighted by molar-refractivity contribution is 5.11. The molecule has 2 nitrogen and oxygen atoms in total. The maximum absolute atomic E-state index is 5.90. The van der Waals surface area contributed by atoms with Gasteiger partial charge in [-0.15, -0.1) is 0 Å². The Morgan fingerprint density at radius 2 is 1.88 bits per heavy atom. The van der Waals surface area contributed by atoms with Crippen LogP contribution in [0.15, 0.2) is 24.0 Å². The van der Waals surface area contributed by atoms with Crippen LogP contribution in [0.3, 0.4) is 0 Å². The van der Waals surface area contributed by atoms with Gasteiger partial charge in [-0.1, -0.05) is 6.08 Å². The largest absolute Gasteiger partial charge is 0.488 e. The first-order valence-electron chi connectivity index (χ1n) is 6.01. The maximum atomic E-state index is 5.90. The first-order chi connectivity index (χ1) is 7.41. The molecule has 0 aromatic carbocycles. The summed E-state index contributed by atoms with van der Waals surface area (Å²) in [5, 5.41) is 0. The Hall–Kier alpha value is -0.760. The quantitative estimate of drug-likeness (QED) is 0.481. The third-order valence-corrected chi connectivity index (χ3v) is 2.16. The van der Waals surface area contributed by atoms with Gasteiger partial charge < -0.3 is 9.47 Å². The van der Waals surface area contributed by atoms with Crippen LogP contribution in [0.1, 0.15) is 48.0 Å². The van der Waals surface area contributed by atoms with E-state index in [4.69, 9.17) is 9.47 Å². The summed E-state index contributed by atoms with van der Waals surface area (Å²) in [6, 6.07) is 0. The van der Waals surface area contributed by atoms with Crippen molar-refractivity contribution in [3.8, 4) is 0 Å². The summed E-state index contributed by atoms with van der Waals surface area (Å²) in [6.07, 6.45) is 7.11.